The highest BCUT2D eigenvalue weighted by Crippen LogP contribution is 2.14. The van der Waals surface area contributed by atoms with Crippen molar-refractivity contribution in [3.8, 4) is 0 Å². The Balaban J connectivity index is 2.81. The van der Waals surface area contributed by atoms with Gasteiger partial charge in [0.15, 0.2) is 0 Å². The SMILES string of the molecule is Cc1ccc(S(=O)(=O)N(C)CC(=O)NC(C)(C)CO)cc1. The van der Waals surface area contributed by atoms with E-state index in [2.05, 4.69) is 5.32 Å². The van der Waals surface area contributed by atoms with Crippen LogP contribution in [0.25, 0.3) is 0 Å². The molecule has 118 valence electrons. The molecule has 0 aliphatic heterocycles. The summed E-state index contributed by atoms with van der Waals surface area (Å²) in [6, 6.07) is 6.43. The lowest BCUT2D eigenvalue weighted by molar-refractivity contribution is -0.123. The number of nitrogens with zero attached hydrogens (tertiary/aromatic N) is 1. The normalized spacial score (nSPS) is 12.5. The van der Waals surface area contributed by atoms with Gasteiger partial charge in [-0.3, -0.25) is 4.79 Å². The highest BCUT2D eigenvalue weighted by Gasteiger charge is 2.25. The number of rotatable bonds is 6. The number of carbonyl (C=O) groups is 1. The van der Waals surface area contributed by atoms with Crippen LogP contribution in [-0.2, 0) is 14.8 Å². The number of aliphatic hydroxyl groups is 1. The van der Waals surface area contributed by atoms with Gasteiger partial charge in [0, 0.05) is 7.05 Å². The van der Waals surface area contributed by atoms with E-state index in [4.69, 9.17) is 5.11 Å². The third-order valence-corrected chi connectivity index (χ3v) is 4.79. The van der Waals surface area contributed by atoms with Crippen LogP contribution in [0.3, 0.4) is 0 Å². The van der Waals surface area contributed by atoms with Gasteiger partial charge in [-0.2, -0.15) is 4.31 Å². The number of benzene rings is 1. The van der Waals surface area contributed by atoms with E-state index in [9.17, 15) is 13.2 Å². The van der Waals surface area contributed by atoms with Crippen LogP contribution in [-0.4, -0.2) is 49.5 Å². The highest BCUT2D eigenvalue weighted by molar-refractivity contribution is 7.89. The van der Waals surface area contributed by atoms with Crippen LogP contribution >= 0.6 is 0 Å². The molecule has 0 fully saturated rings. The first-order valence-corrected chi connectivity index (χ1v) is 7.97. The first kappa shape index (κ1) is 17.6. The van der Waals surface area contributed by atoms with Crippen LogP contribution in [0, 0.1) is 6.92 Å². The molecule has 0 unspecified atom stereocenters. The summed E-state index contributed by atoms with van der Waals surface area (Å²) in [7, 11) is -2.36. The van der Waals surface area contributed by atoms with Crippen molar-refractivity contribution in [1.82, 2.24) is 9.62 Å². The average Bonchev–Trinajstić information content (AvgIpc) is 2.38. The third-order valence-electron chi connectivity index (χ3n) is 2.97. The van der Waals surface area contributed by atoms with Gasteiger partial charge in [-0.15, -0.1) is 0 Å². The van der Waals surface area contributed by atoms with Gasteiger partial charge < -0.3 is 10.4 Å². The Hall–Kier alpha value is -1.44. The molecule has 1 rings (SSSR count). The van der Waals surface area contributed by atoms with E-state index >= 15 is 0 Å². The van der Waals surface area contributed by atoms with Crippen molar-refractivity contribution in [2.45, 2.75) is 31.2 Å². The number of carbonyl (C=O) groups excluding carboxylic acids is 1. The standard InChI is InChI=1S/C14H22N2O4S/c1-11-5-7-12(8-6-11)21(19,20)16(4)9-13(18)15-14(2,3)10-17/h5-8,17H,9-10H2,1-4H3,(H,15,18). The molecule has 0 aromatic heterocycles. The zero-order valence-corrected chi connectivity index (χ0v) is 13.6. The van der Waals surface area contributed by atoms with Crippen LogP contribution in [0.1, 0.15) is 19.4 Å². The van der Waals surface area contributed by atoms with Crippen molar-refractivity contribution in [3.63, 3.8) is 0 Å². The van der Waals surface area contributed by atoms with Crippen molar-refractivity contribution in [2.24, 2.45) is 0 Å². The maximum Gasteiger partial charge on any atom is 0.243 e. The summed E-state index contributed by atoms with van der Waals surface area (Å²) in [6.07, 6.45) is 0. The van der Waals surface area contributed by atoms with E-state index in [1.807, 2.05) is 6.92 Å². The molecule has 0 heterocycles. The second-order valence-corrected chi connectivity index (χ2v) is 7.71. The van der Waals surface area contributed by atoms with Crippen molar-refractivity contribution in [3.05, 3.63) is 29.8 Å². The second-order valence-electron chi connectivity index (χ2n) is 5.66. The summed E-state index contributed by atoms with van der Waals surface area (Å²) in [5.74, 6) is -0.466. The predicted octanol–water partition coefficient (Wildman–Crippen LogP) is 0.503. The van der Waals surface area contributed by atoms with Gasteiger partial charge in [0.1, 0.15) is 0 Å². The number of likely N-dealkylation sites (N-methyl/N-ethyl adjacent to an activating group) is 1. The van der Waals surface area contributed by atoms with Crippen molar-refractivity contribution in [2.75, 3.05) is 20.2 Å². The third kappa shape index (κ3) is 4.80. The molecule has 0 radical (unpaired) electrons. The Morgan fingerprint density at radius 1 is 1.29 bits per heavy atom. The second kappa shape index (κ2) is 6.55. The molecule has 0 spiro atoms. The Kier molecular flexibility index (Phi) is 5.49. The molecular weight excluding hydrogens is 292 g/mol. The molecular formula is C14H22N2O4S. The van der Waals surface area contributed by atoms with E-state index in [1.165, 1.54) is 19.2 Å². The molecule has 7 heteroatoms. The summed E-state index contributed by atoms with van der Waals surface area (Å²) in [5.41, 5.74) is 0.171. The van der Waals surface area contributed by atoms with Crippen LogP contribution in [0.5, 0.6) is 0 Å². The zero-order chi connectivity index (χ0) is 16.3. The number of aryl methyl sites for hydroxylation is 1. The number of aliphatic hydroxyl groups excluding tert-OH is 1. The van der Waals surface area contributed by atoms with Crippen LogP contribution < -0.4 is 5.32 Å². The molecule has 0 saturated heterocycles. The molecule has 21 heavy (non-hydrogen) atoms. The summed E-state index contributed by atoms with van der Waals surface area (Å²) in [6.45, 7) is 4.64. The van der Waals surface area contributed by atoms with E-state index in [1.54, 1.807) is 26.0 Å². The Morgan fingerprint density at radius 2 is 1.81 bits per heavy atom. The fraction of sp³-hybridized carbons (Fsp3) is 0.500. The minimum atomic E-state index is -3.70. The van der Waals surface area contributed by atoms with Gasteiger partial charge in [0.05, 0.1) is 23.6 Å². The number of hydrogen-bond acceptors (Lipinski definition) is 4. The molecule has 0 atom stereocenters. The molecule has 0 aliphatic rings. The van der Waals surface area contributed by atoms with E-state index in [-0.39, 0.29) is 18.0 Å². The van der Waals surface area contributed by atoms with Crippen LogP contribution in [0.2, 0.25) is 0 Å². The number of nitrogens with one attached hydrogen (secondary N) is 1. The van der Waals surface area contributed by atoms with Gasteiger partial charge in [0.25, 0.3) is 0 Å². The van der Waals surface area contributed by atoms with Gasteiger partial charge >= 0.3 is 0 Å². The number of sulfonamides is 1. The molecule has 6 nitrogen and oxygen atoms in total. The summed E-state index contributed by atoms with van der Waals surface area (Å²) < 4.78 is 25.6. The number of hydrogen-bond donors (Lipinski definition) is 2. The zero-order valence-electron chi connectivity index (χ0n) is 12.8. The van der Waals surface area contributed by atoms with Crippen molar-refractivity contribution < 1.29 is 18.3 Å². The topological polar surface area (TPSA) is 86.7 Å². The summed E-state index contributed by atoms with van der Waals surface area (Å²) in [4.78, 5) is 12.0. The largest absolute Gasteiger partial charge is 0.394 e. The Bertz CT molecular complexity index is 594. The molecule has 1 aromatic rings. The number of amides is 1. The summed E-state index contributed by atoms with van der Waals surface area (Å²) >= 11 is 0. The van der Waals surface area contributed by atoms with Crippen molar-refractivity contribution >= 4 is 15.9 Å². The van der Waals surface area contributed by atoms with E-state index < -0.39 is 21.5 Å². The lowest BCUT2D eigenvalue weighted by atomic mass is 10.1. The van der Waals surface area contributed by atoms with E-state index in [0.717, 1.165) is 9.87 Å². The highest BCUT2D eigenvalue weighted by atomic mass is 32.2. The Labute approximate surface area is 125 Å². The van der Waals surface area contributed by atoms with Crippen molar-refractivity contribution in [1.29, 1.82) is 0 Å². The Morgan fingerprint density at radius 3 is 2.29 bits per heavy atom. The monoisotopic (exact) mass is 314 g/mol. The van der Waals surface area contributed by atoms with Crippen LogP contribution in [0.4, 0.5) is 0 Å². The fourth-order valence-corrected chi connectivity index (χ4v) is 2.76. The molecule has 1 amide bonds. The minimum Gasteiger partial charge on any atom is -0.394 e. The van der Waals surface area contributed by atoms with E-state index in [0.29, 0.717) is 0 Å². The maximum atomic E-state index is 12.3. The lowest BCUT2D eigenvalue weighted by Crippen LogP contribution is -2.50. The summed E-state index contributed by atoms with van der Waals surface area (Å²) in [5, 5.41) is 11.7. The van der Waals surface area contributed by atoms with Gasteiger partial charge in [-0.05, 0) is 32.9 Å². The molecule has 0 saturated carbocycles. The fourth-order valence-electron chi connectivity index (χ4n) is 1.63. The first-order valence-electron chi connectivity index (χ1n) is 6.53. The van der Waals surface area contributed by atoms with Gasteiger partial charge in [-0.1, -0.05) is 17.7 Å². The molecule has 0 aliphatic carbocycles. The lowest BCUT2D eigenvalue weighted by Gasteiger charge is -2.25. The quantitative estimate of drug-likeness (QED) is 0.800. The molecule has 2 N–H and O–H groups in total. The maximum absolute atomic E-state index is 12.3. The minimum absolute atomic E-state index is 0.143. The van der Waals surface area contributed by atoms with Gasteiger partial charge in [0.2, 0.25) is 15.9 Å². The molecule has 1 aromatic carbocycles. The average molecular weight is 314 g/mol. The smallest absolute Gasteiger partial charge is 0.243 e. The van der Waals surface area contributed by atoms with Crippen LogP contribution in [0.15, 0.2) is 29.2 Å². The first-order chi connectivity index (χ1) is 9.58. The van der Waals surface area contributed by atoms with Gasteiger partial charge in [-0.25, -0.2) is 8.42 Å². The predicted molar refractivity (Wildman–Crippen MR) is 80.3 cm³/mol. The molecule has 0 bridgehead atoms.